The number of carbonyl (C=O) groups excluding carboxylic acids is 1. The van der Waals surface area contributed by atoms with Gasteiger partial charge in [-0.2, -0.15) is 0 Å². The molecule has 1 saturated carbocycles. The zero-order valence-corrected chi connectivity index (χ0v) is 13.7. The lowest BCUT2D eigenvalue weighted by atomic mass is 9.78. The molecular formula is C19H18FN3O2. The lowest BCUT2D eigenvalue weighted by Crippen LogP contribution is -2.39. The molecule has 1 fully saturated rings. The zero-order valence-electron chi connectivity index (χ0n) is 13.7. The molecule has 1 aromatic carbocycles. The Kier molecular flexibility index (Phi) is 3.95. The maximum atomic E-state index is 14.3. The molecule has 3 aromatic rings. The fourth-order valence-electron chi connectivity index (χ4n) is 3.76. The smallest absolute Gasteiger partial charge is 0.290 e. The number of benzene rings is 1. The van der Waals surface area contributed by atoms with Gasteiger partial charge in [-0.15, -0.1) is 0 Å². The highest BCUT2D eigenvalue weighted by Crippen LogP contribution is 2.41. The van der Waals surface area contributed by atoms with Crippen LogP contribution in [-0.4, -0.2) is 22.6 Å². The summed E-state index contributed by atoms with van der Waals surface area (Å²) in [5, 5.41) is 7.30. The molecule has 0 atom stereocenters. The summed E-state index contributed by atoms with van der Waals surface area (Å²) >= 11 is 0. The number of pyridine rings is 1. The highest BCUT2D eigenvalue weighted by atomic mass is 19.1. The summed E-state index contributed by atoms with van der Waals surface area (Å²) in [7, 11) is 0. The highest BCUT2D eigenvalue weighted by molar-refractivity contribution is 6.02. The lowest BCUT2D eigenvalue weighted by Gasteiger charge is -2.30. The van der Waals surface area contributed by atoms with Crippen LogP contribution in [0.2, 0.25) is 0 Å². The SMILES string of the molecule is O=C(NCC1(c2ccccc2F)CCCC1)c1onc2ncccc12. The molecular weight excluding hydrogens is 321 g/mol. The van der Waals surface area contributed by atoms with Crippen molar-refractivity contribution in [2.24, 2.45) is 0 Å². The van der Waals surface area contributed by atoms with E-state index in [2.05, 4.69) is 15.5 Å². The first-order valence-electron chi connectivity index (χ1n) is 8.43. The minimum atomic E-state index is -0.366. The number of nitrogens with zero attached hydrogens (tertiary/aromatic N) is 2. The van der Waals surface area contributed by atoms with Crippen molar-refractivity contribution < 1.29 is 13.7 Å². The van der Waals surface area contributed by atoms with Gasteiger partial charge < -0.3 is 9.84 Å². The Morgan fingerprint density at radius 1 is 1.20 bits per heavy atom. The lowest BCUT2D eigenvalue weighted by molar-refractivity contribution is 0.0908. The Balaban J connectivity index is 1.58. The average molecular weight is 339 g/mol. The number of hydrogen-bond donors (Lipinski definition) is 1. The van der Waals surface area contributed by atoms with E-state index in [4.69, 9.17) is 4.52 Å². The molecule has 0 spiro atoms. The number of nitrogens with one attached hydrogen (secondary N) is 1. The van der Waals surface area contributed by atoms with Gasteiger partial charge in [-0.1, -0.05) is 36.2 Å². The summed E-state index contributed by atoms with van der Waals surface area (Å²) < 4.78 is 19.5. The normalized spacial score (nSPS) is 16.2. The van der Waals surface area contributed by atoms with Gasteiger partial charge in [0.25, 0.3) is 5.91 Å². The number of hydrogen-bond acceptors (Lipinski definition) is 4. The molecule has 0 unspecified atom stereocenters. The van der Waals surface area contributed by atoms with E-state index in [0.717, 1.165) is 25.7 Å². The van der Waals surface area contributed by atoms with Gasteiger partial charge in [-0.05, 0) is 36.6 Å². The van der Waals surface area contributed by atoms with Gasteiger partial charge >= 0.3 is 0 Å². The van der Waals surface area contributed by atoms with Crippen molar-refractivity contribution in [3.8, 4) is 0 Å². The van der Waals surface area contributed by atoms with Crippen LogP contribution in [-0.2, 0) is 5.41 Å². The maximum Gasteiger partial charge on any atom is 0.290 e. The summed E-state index contributed by atoms with van der Waals surface area (Å²) in [4.78, 5) is 16.6. The first-order valence-corrected chi connectivity index (χ1v) is 8.43. The molecule has 6 heteroatoms. The van der Waals surface area contributed by atoms with E-state index in [-0.39, 0.29) is 22.9 Å². The predicted octanol–water partition coefficient (Wildman–Crippen LogP) is 3.60. The molecule has 0 bridgehead atoms. The second kappa shape index (κ2) is 6.27. The predicted molar refractivity (Wildman–Crippen MR) is 90.7 cm³/mol. The Bertz CT molecular complexity index is 916. The second-order valence-corrected chi connectivity index (χ2v) is 6.54. The zero-order chi connectivity index (χ0) is 17.3. The molecule has 0 radical (unpaired) electrons. The second-order valence-electron chi connectivity index (χ2n) is 6.54. The topological polar surface area (TPSA) is 68.0 Å². The van der Waals surface area contributed by atoms with E-state index in [1.54, 1.807) is 24.4 Å². The summed E-state index contributed by atoms with van der Waals surface area (Å²) in [5.74, 6) is -0.421. The molecule has 0 saturated heterocycles. The van der Waals surface area contributed by atoms with Crippen molar-refractivity contribution in [2.75, 3.05) is 6.54 Å². The first-order chi connectivity index (χ1) is 12.2. The molecule has 1 aliphatic carbocycles. The van der Waals surface area contributed by atoms with Crippen molar-refractivity contribution in [1.82, 2.24) is 15.5 Å². The number of carbonyl (C=O) groups is 1. The molecule has 1 N–H and O–H groups in total. The average Bonchev–Trinajstić information content (AvgIpc) is 3.28. The van der Waals surface area contributed by atoms with E-state index in [9.17, 15) is 9.18 Å². The van der Waals surface area contributed by atoms with Crippen LogP contribution >= 0.6 is 0 Å². The van der Waals surface area contributed by atoms with E-state index >= 15 is 0 Å². The van der Waals surface area contributed by atoms with Crippen LogP contribution in [0.5, 0.6) is 0 Å². The van der Waals surface area contributed by atoms with Gasteiger partial charge in [-0.3, -0.25) is 4.79 Å². The maximum absolute atomic E-state index is 14.3. The Labute approximate surface area is 144 Å². The molecule has 25 heavy (non-hydrogen) atoms. The van der Waals surface area contributed by atoms with Crippen molar-refractivity contribution >= 4 is 16.9 Å². The van der Waals surface area contributed by atoms with Crippen molar-refractivity contribution in [2.45, 2.75) is 31.1 Å². The van der Waals surface area contributed by atoms with Gasteiger partial charge in [-0.25, -0.2) is 9.37 Å². The van der Waals surface area contributed by atoms with Crippen LogP contribution in [0, 0.1) is 5.82 Å². The van der Waals surface area contributed by atoms with Crippen LogP contribution in [0.15, 0.2) is 47.1 Å². The number of aromatic nitrogens is 2. The van der Waals surface area contributed by atoms with Gasteiger partial charge in [0.2, 0.25) is 11.4 Å². The molecule has 1 amide bonds. The van der Waals surface area contributed by atoms with Crippen molar-refractivity contribution in [3.63, 3.8) is 0 Å². The van der Waals surface area contributed by atoms with Crippen molar-refractivity contribution in [1.29, 1.82) is 0 Å². The molecule has 0 aliphatic heterocycles. The third kappa shape index (κ3) is 2.77. The monoisotopic (exact) mass is 339 g/mol. The van der Waals surface area contributed by atoms with Gasteiger partial charge in [0, 0.05) is 18.2 Å². The molecule has 128 valence electrons. The number of amides is 1. The Morgan fingerprint density at radius 3 is 2.80 bits per heavy atom. The summed E-state index contributed by atoms with van der Waals surface area (Å²) in [5.41, 5.74) is 0.712. The number of fused-ring (bicyclic) bond motifs is 1. The first kappa shape index (κ1) is 15.7. The Morgan fingerprint density at radius 2 is 2.00 bits per heavy atom. The fourth-order valence-corrected chi connectivity index (χ4v) is 3.76. The Hall–Kier alpha value is -2.76. The minimum Gasteiger partial charge on any atom is -0.348 e. The van der Waals surface area contributed by atoms with Crippen LogP contribution in [0.25, 0.3) is 11.0 Å². The van der Waals surface area contributed by atoms with E-state index in [1.807, 2.05) is 12.1 Å². The molecule has 2 aromatic heterocycles. The summed E-state index contributed by atoms with van der Waals surface area (Å²) in [6.07, 6.45) is 5.36. The van der Waals surface area contributed by atoms with Crippen LogP contribution in [0.1, 0.15) is 41.8 Å². The van der Waals surface area contributed by atoms with Crippen LogP contribution in [0.3, 0.4) is 0 Å². The molecule has 2 heterocycles. The summed E-state index contributed by atoms with van der Waals surface area (Å²) in [6, 6.07) is 10.3. The largest absolute Gasteiger partial charge is 0.348 e. The standard InChI is InChI=1S/C19H18FN3O2/c20-15-8-2-1-7-14(15)19(9-3-4-10-19)12-22-18(24)16-13-6-5-11-21-17(13)23-25-16/h1-2,5-8,11H,3-4,9-10,12H2,(H,22,24). The van der Waals surface area contributed by atoms with E-state index < -0.39 is 0 Å². The van der Waals surface area contributed by atoms with Gasteiger partial charge in [0.15, 0.2) is 0 Å². The van der Waals surface area contributed by atoms with Crippen molar-refractivity contribution in [3.05, 3.63) is 59.7 Å². The molecule has 5 nitrogen and oxygen atoms in total. The minimum absolute atomic E-state index is 0.143. The van der Waals surface area contributed by atoms with E-state index in [1.165, 1.54) is 6.07 Å². The number of rotatable bonds is 4. The summed E-state index contributed by atoms with van der Waals surface area (Å²) in [6.45, 7) is 0.370. The van der Waals surface area contributed by atoms with E-state index in [0.29, 0.717) is 23.1 Å². The van der Waals surface area contributed by atoms with Gasteiger partial charge in [0.05, 0.1) is 5.39 Å². The van der Waals surface area contributed by atoms with Crippen LogP contribution < -0.4 is 5.32 Å². The van der Waals surface area contributed by atoms with Crippen LogP contribution in [0.4, 0.5) is 4.39 Å². The number of halogens is 1. The molecule has 4 rings (SSSR count). The van der Waals surface area contributed by atoms with Gasteiger partial charge in [0.1, 0.15) is 5.82 Å². The third-order valence-corrected chi connectivity index (χ3v) is 5.05. The fraction of sp³-hybridized carbons (Fsp3) is 0.316. The quantitative estimate of drug-likeness (QED) is 0.788. The third-order valence-electron chi connectivity index (χ3n) is 5.05. The highest BCUT2D eigenvalue weighted by Gasteiger charge is 2.38. The molecule has 1 aliphatic rings.